The lowest BCUT2D eigenvalue weighted by molar-refractivity contribution is -0.384. The van der Waals surface area contributed by atoms with Crippen molar-refractivity contribution in [1.29, 1.82) is 0 Å². The van der Waals surface area contributed by atoms with E-state index in [1.54, 1.807) is 6.07 Å². The van der Waals surface area contributed by atoms with Crippen LogP contribution < -0.4 is 5.32 Å². The number of hydrogen-bond donors (Lipinski definition) is 1. The minimum Gasteiger partial charge on any atom is -0.384 e. The van der Waals surface area contributed by atoms with Crippen LogP contribution >= 0.6 is 11.6 Å². The molecule has 0 aromatic heterocycles. The van der Waals surface area contributed by atoms with E-state index in [0.717, 1.165) is 18.7 Å². The summed E-state index contributed by atoms with van der Waals surface area (Å²) < 4.78 is 0. The maximum atomic E-state index is 10.6. The van der Waals surface area contributed by atoms with Crippen LogP contribution in [-0.4, -0.2) is 11.5 Å². The van der Waals surface area contributed by atoms with Gasteiger partial charge in [0.05, 0.1) is 15.6 Å². The van der Waals surface area contributed by atoms with Crippen molar-refractivity contribution in [2.45, 2.75) is 58.3 Å². The fourth-order valence-corrected chi connectivity index (χ4v) is 2.48. The zero-order valence-electron chi connectivity index (χ0n) is 12.7. The quantitative estimate of drug-likeness (QED) is 0.319. The largest absolute Gasteiger partial charge is 0.384 e. The lowest BCUT2D eigenvalue weighted by atomic mass is 10.1. The van der Waals surface area contributed by atoms with Crippen LogP contribution in [0, 0.1) is 10.1 Å². The highest BCUT2D eigenvalue weighted by Gasteiger charge is 2.08. The molecule has 0 aliphatic rings. The first kappa shape index (κ1) is 17.8. The van der Waals surface area contributed by atoms with Crippen LogP contribution in [0.4, 0.5) is 11.4 Å². The van der Waals surface area contributed by atoms with Gasteiger partial charge in [-0.05, 0) is 12.5 Å². The Bertz CT molecular complexity index is 438. The minimum absolute atomic E-state index is 0.0256. The normalized spacial score (nSPS) is 10.6. The smallest absolute Gasteiger partial charge is 0.271 e. The highest BCUT2D eigenvalue weighted by Crippen LogP contribution is 2.26. The van der Waals surface area contributed by atoms with Crippen molar-refractivity contribution < 1.29 is 4.92 Å². The second-order valence-corrected chi connectivity index (χ2v) is 5.73. The van der Waals surface area contributed by atoms with Crippen LogP contribution in [0.2, 0.25) is 5.02 Å². The Labute approximate surface area is 132 Å². The van der Waals surface area contributed by atoms with E-state index in [4.69, 9.17) is 11.6 Å². The molecule has 0 fully saturated rings. The number of anilines is 1. The van der Waals surface area contributed by atoms with E-state index in [0.29, 0.717) is 5.02 Å². The zero-order chi connectivity index (χ0) is 15.5. The van der Waals surface area contributed by atoms with Gasteiger partial charge in [-0.25, -0.2) is 0 Å². The lowest BCUT2D eigenvalue weighted by Crippen LogP contribution is -2.02. The molecular formula is C16H25ClN2O2. The minimum atomic E-state index is -0.436. The maximum absolute atomic E-state index is 10.6. The van der Waals surface area contributed by atoms with E-state index in [1.807, 2.05) is 0 Å². The number of nitro benzene ring substituents is 1. The summed E-state index contributed by atoms with van der Waals surface area (Å²) in [5, 5.41) is 14.3. The number of hydrogen-bond acceptors (Lipinski definition) is 3. The fourth-order valence-electron chi connectivity index (χ4n) is 2.24. The Morgan fingerprint density at radius 1 is 1.10 bits per heavy atom. The van der Waals surface area contributed by atoms with E-state index >= 15 is 0 Å². The van der Waals surface area contributed by atoms with Crippen LogP contribution in [-0.2, 0) is 0 Å². The van der Waals surface area contributed by atoms with Crippen LogP contribution in [0.25, 0.3) is 0 Å². The van der Waals surface area contributed by atoms with Gasteiger partial charge >= 0.3 is 0 Å². The Hall–Kier alpha value is -1.29. The number of unbranched alkanes of at least 4 members (excludes halogenated alkanes) is 7. The first-order valence-corrected chi connectivity index (χ1v) is 8.20. The Kier molecular flexibility index (Phi) is 8.83. The number of nitrogens with one attached hydrogen (secondary N) is 1. The van der Waals surface area contributed by atoms with E-state index in [2.05, 4.69) is 12.2 Å². The average Bonchev–Trinajstić information content (AvgIpc) is 2.46. The predicted molar refractivity (Wildman–Crippen MR) is 89.2 cm³/mol. The van der Waals surface area contributed by atoms with Crippen LogP contribution in [0.5, 0.6) is 0 Å². The van der Waals surface area contributed by atoms with Crippen molar-refractivity contribution in [3.8, 4) is 0 Å². The average molecular weight is 313 g/mol. The van der Waals surface area contributed by atoms with E-state index in [1.165, 1.54) is 57.1 Å². The van der Waals surface area contributed by atoms with Crippen molar-refractivity contribution in [3.05, 3.63) is 33.3 Å². The molecule has 118 valence electrons. The Morgan fingerprint density at radius 3 is 2.29 bits per heavy atom. The highest BCUT2D eigenvalue weighted by atomic mass is 35.5. The van der Waals surface area contributed by atoms with Gasteiger partial charge in [-0.15, -0.1) is 0 Å². The van der Waals surface area contributed by atoms with Crippen molar-refractivity contribution in [2.75, 3.05) is 11.9 Å². The summed E-state index contributed by atoms with van der Waals surface area (Å²) in [4.78, 5) is 10.2. The topological polar surface area (TPSA) is 55.2 Å². The number of nitro groups is 1. The van der Waals surface area contributed by atoms with Crippen molar-refractivity contribution in [1.82, 2.24) is 0 Å². The van der Waals surface area contributed by atoms with Gasteiger partial charge in [0.1, 0.15) is 0 Å². The molecule has 0 heterocycles. The molecule has 5 heteroatoms. The van der Waals surface area contributed by atoms with Gasteiger partial charge < -0.3 is 5.32 Å². The van der Waals surface area contributed by atoms with E-state index in [-0.39, 0.29) is 5.69 Å². The molecule has 0 spiro atoms. The highest BCUT2D eigenvalue weighted by molar-refractivity contribution is 6.33. The molecule has 1 aromatic carbocycles. The number of rotatable bonds is 11. The van der Waals surface area contributed by atoms with Crippen molar-refractivity contribution in [3.63, 3.8) is 0 Å². The Morgan fingerprint density at radius 2 is 1.71 bits per heavy atom. The SMILES string of the molecule is CCCCCCCCCCNc1ccc([N+](=O)[O-])cc1Cl. The molecule has 0 atom stereocenters. The molecule has 0 saturated heterocycles. The molecular weight excluding hydrogens is 288 g/mol. The zero-order valence-corrected chi connectivity index (χ0v) is 13.5. The van der Waals surface area contributed by atoms with Crippen molar-refractivity contribution >= 4 is 23.0 Å². The number of halogens is 1. The summed E-state index contributed by atoms with van der Waals surface area (Å²) in [6.07, 6.45) is 10.2. The summed E-state index contributed by atoms with van der Waals surface area (Å²) in [6.45, 7) is 3.08. The second kappa shape index (κ2) is 10.4. The molecule has 4 nitrogen and oxygen atoms in total. The van der Waals surface area contributed by atoms with Crippen molar-refractivity contribution in [2.24, 2.45) is 0 Å². The summed E-state index contributed by atoms with van der Waals surface area (Å²) in [6, 6.07) is 4.53. The number of nitrogens with zero attached hydrogens (tertiary/aromatic N) is 1. The third-order valence-electron chi connectivity index (χ3n) is 3.51. The van der Waals surface area contributed by atoms with Gasteiger partial charge in [0, 0.05) is 18.7 Å². The van der Waals surface area contributed by atoms with Crippen LogP contribution in [0.1, 0.15) is 58.3 Å². The van der Waals surface area contributed by atoms with Gasteiger partial charge in [-0.2, -0.15) is 0 Å². The number of benzene rings is 1. The molecule has 0 aliphatic carbocycles. The van der Waals surface area contributed by atoms with Gasteiger partial charge in [-0.1, -0.05) is 63.5 Å². The lowest BCUT2D eigenvalue weighted by Gasteiger charge is -2.08. The van der Waals surface area contributed by atoms with Crippen LogP contribution in [0.15, 0.2) is 18.2 Å². The third kappa shape index (κ3) is 7.32. The maximum Gasteiger partial charge on any atom is 0.271 e. The summed E-state index contributed by atoms with van der Waals surface area (Å²) >= 11 is 6.02. The summed E-state index contributed by atoms with van der Waals surface area (Å²) in [5.41, 5.74) is 0.794. The second-order valence-electron chi connectivity index (χ2n) is 5.32. The van der Waals surface area contributed by atoms with E-state index in [9.17, 15) is 10.1 Å². The molecule has 1 aromatic rings. The summed E-state index contributed by atoms with van der Waals surface area (Å²) in [7, 11) is 0. The molecule has 0 unspecified atom stereocenters. The molecule has 0 amide bonds. The summed E-state index contributed by atoms with van der Waals surface area (Å²) in [5.74, 6) is 0. The Balaban J connectivity index is 2.14. The molecule has 0 bridgehead atoms. The first-order chi connectivity index (χ1) is 10.1. The fraction of sp³-hybridized carbons (Fsp3) is 0.625. The molecule has 21 heavy (non-hydrogen) atoms. The van der Waals surface area contributed by atoms with Crippen LogP contribution in [0.3, 0.4) is 0 Å². The van der Waals surface area contributed by atoms with Gasteiger partial charge in [0.25, 0.3) is 5.69 Å². The molecule has 1 rings (SSSR count). The predicted octanol–water partition coefficient (Wildman–Crippen LogP) is 5.80. The first-order valence-electron chi connectivity index (χ1n) is 7.83. The standard InChI is InChI=1S/C16H25ClN2O2/c1-2-3-4-5-6-7-8-9-12-18-16-11-10-14(19(20)21)13-15(16)17/h10-11,13,18H,2-9,12H2,1H3. The molecule has 1 N–H and O–H groups in total. The van der Waals surface area contributed by atoms with E-state index < -0.39 is 4.92 Å². The van der Waals surface area contributed by atoms with Gasteiger partial charge in [-0.3, -0.25) is 10.1 Å². The van der Waals surface area contributed by atoms with Gasteiger partial charge in [0.15, 0.2) is 0 Å². The third-order valence-corrected chi connectivity index (χ3v) is 3.82. The number of non-ortho nitro benzene ring substituents is 1. The molecule has 0 radical (unpaired) electrons. The monoisotopic (exact) mass is 312 g/mol. The molecule has 0 aliphatic heterocycles. The van der Waals surface area contributed by atoms with Gasteiger partial charge in [0.2, 0.25) is 0 Å². The molecule has 0 saturated carbocycles.